The van der Waals surface area contributed by atoms with Crippen molar-refractivity contribution in [2.45, 2.75) is 0 Å². The zero-order chi connectivity index (χ0) is 12.3. The minimum atomic E-state index is -0.221. The van der Waals surface area contributed by atoms with Crippen LogP contribution in [0.3, 0.4) is 0 Å². The van der Waals surface area contributed by atoms with Gasteiger partial charge < -0.3 is 0 Å². The Morgan fingerprint density at radius 1 is 1.29 bits per heavy atom. The minimum absolute atomic E-state index is 0.221. The Hall–Kier alpha value is -1.58. The van der Waals surface area contributed by atoms with E-state index in [4.69, 9.17) is 23.2 Å². The SMILES string of the molecule is O=C(/C=C/c1ccc(Cl)c(Cl)c1)n1cccn1. The molecule has 0 aliphatic rings. The van der Waals surface area contributed by atoms with Gasteiger partial charge in [0.15, 0.2) is 0 Å². The van der Waals surface area contributed by atoms with Crippen LogP contribution in [0.15, 0.2) is 42.7 Å². The normalized spacial score (nSPS) is 10.9. The monoisotopic (exact) mass is 266 g/mol. The van der Waals surface area contributed by atoms with Crippen LogP contribution in [0.2, 0.25) is 10.0 Å². The number of allylic oxidation sites excluding steroid dienone is 1. The van der Waals surface area contributed by atoms with Crippen molar-refractivity contribution in [3.8, 4) is 0 Å². The molecule has 17 heavy (non-hydrogen) atoms. The molecule has 1 aromatic carbocycles. The summed E-state index contributed by atoms with van der Waals surface area (Å²) in [7, 11) is 0. The Kier molecular flexibility index (Phi) is 3.61. The van der Waals surface area contributed by atoms with Crippen molar-refractivity contribution in [1.82, 2.24) is 9.78 Å². The molecular weight excluding hydrogens is 259 g/mol. The zero-order valence-electron chi connectivity index (χ0n) is 8.68. The summed E-state index contributed by atoms with van der Waals surface area (Å²) < 4.78 is 1.24. The molecule has 5 heteroatoms. The first-order valence-electron chi connectivity index (χ1n) is 4.84. The molecular formula is C12H8Cl2N2O. The van der Waals surface area contributed by atoms with E-state index < -0.39 is 0 Å². The highest BCUT2D eigenvalue weighted by Crippen LogP contribution is 2.23. The first-order chi connectivity index (χ1) is 8.16. The second-order valence-corrected chi connectivity index (χ2v) is 4.11. The van der Waals surface area contributed by atoms with Crippen LogP contribution in [0.1, 0.15) is 10.4 Å². The van der Waals surface area contributed by atoms with Crippen molar-refractivity contribution in [1.29, 1.82) is 0 Å². The van der Waals surface area contributed by atoms with Gasteiger partial charge in [-0.1, -0.05) is 29.3 Å². The molecule has 2 rings (SSSR count). The summed E-state index contributed by atoms with van der Waals surface area (Å²) in [4.78, 5) is 11.6. The van der Waals surface area contributed by atoms with Gasteiger partial charge in [-0.3, -0.25) is 4.79 Å². The second kappa shape index (κ2) is 5.17. The molecule has 0 atom stereocenters. The molecule has 1 aromatic heterocycles. The maximum absolute atomic E-state index is 11.6. The lowest BCUT2D eigenvalue weighted by atomic mass is 10.2. The first-order valence-corrected chi connectivity index (χ1v) is 5.59. The summed E-state index contributed by atoms with van der Waals surface area (Å²) in [5, 5.41) is 4.78. The largest absolute Gasteiger partial charge is 0.270 e. The van der Waals surface area contributed by atoms with Crippen LogP contribution in [0.25, 0.3) is 6.08 Å². The minimum Gasteiger partial charge on any atom is -0.267 e. The van der Waals surface area contributed by atoms with E-state index in [2.05, 4.69) is 5.10 Å². The fourth-order valence-electron chi connectivity index (χ4n) is 1.26. The van der Waals surface area contributed by atoms with Crippen molar-refractivity contribution in [2.75, 3.05) is 0 Å². The van der Waals surface area contributed by atoms with Crippen molar-refractivity contribution >= 4 is 35.2 Å². The van der Waals surface area contributed by atoms with Crippen LogP contribution < -0.4 is 0 Å². The Labute approximate surface area is 108 Å². The molecule has 1 heterocycles. The summed E-state index contributed by atoms with van der Waals surface area (Å²) in [6, 6.07) is 6.84. The molecule has 0 aliphatic heterocycles. The Morgan fingerprint density at radius 3 is 2.76 bits per heavy atom. The summed E-state index contributed by atoms with van der Waals surface area (Å²) in [5.74, 6) is -0.221. The standard InChI is InChI=1S/C12H8Cl2N2O/c13-10-4-2-9(8-11(10)14)3-5-12(17)16-7-1-6-15-16/h1-8H/b5-3+. The highest BCUT2D eigenvalue weighted by atomic mass is 35.5. The summed E-state index contributed by atoms with van der Waals surface area (Å²) in [6.45, 7) is 0. The number of hydrogen-bond donors (Lipinski definition) is 0. The molecule has 0 spiro atoms. The maximum Gasteiger partial charge on any atom is 0.270 e. The van der Waals surface area contributed by atoms with Crippen LogP contribution in [-0.2, 0) is 0 Å². The topological polar surface area (TPSA) is 34.9 Å². The number of benzene rings is 1. The van der Waals surface area contributed by atoms with Crippen LogP contribution in [0, 0.1) is 0 Å². The van der Waals surface area contributed by atoms with Gasteiger partial charge in [0.2, 0.25) is 0 Å². The highest BCUT2D eigenvalue weighted by molar-refractivity contribution is 6.42. The third-order valence-corrected chi connectivity index (χ3v) is 2.83. The number of aromatic nitrogens is 2. The number of hydrogen-bond acceptors (Lipinski definition) is 2. The average Bonchev–Trinajstić information content (AvgIpc) is 2.84. The first kappa shape index (κ1) is 11.9. The molecule has 0 amide bonds. The van der Waals surface area contributed by atoms with Gasteiger partial charge in [0.05, 0.1) is 10.0 Å². The van der Waals surface area contributed by atoms with Gasteiger partial charge in [0, 0.05) is 18.5 Å². The number of halogens is 2. The molecule has 0 N–H and O–H groups in total. The number of carbonyl (C=O) groups excluding carboxylic acids is 1. The lowest BCUT2D eigenvalue weighted by Crippen LogP contribution is -2.06. The number of carbonyl (C=O) groups is 1. The molecule has 0 saturated heterocycles. The van der Waals surface area contributed by atoms with Crippen LogP contribution in [0.4, 0.5) is 0 Å². The molecule has 0 fully saturated rings. The van der Waals surface area contributed by atoms with Gasteiger partial charge in [-0.15, -0.1) is 0 Å². The summed E-state index contributed by atoms with van der Waals surface area (Å²) in [5.41, 5.74) is 0.805. The fourth-order valence-corrected chi connectivity index (χ4v) is 1.57. The van der Waals surface area contributed by atoms with E-state index in [1.807, 2.05) is 0 Å². The van der Waals surface area contributed by atoms with Crippen LogP contribution in [0.5, 0.6) is 0 Å². The van der Waals surface area contributed by atoms with E-state index in [1.54, 1.807) is 42.7 Å². The molecule has 0 unspecified atom stereocenters. The predicted molar refractivity (Wildman–Crippen MR) is 68.3 cm³/mol. The quantitative estimate of drug-likeness (QED) is 0.780. The van der Waals surface area contributed by atoms with Gasteiger partial charge in [-0.2, -0.15) is 5.10 Å². The molecule has 0 radical (unpaired) electrons. The average molecular weight is 267 g/mol. The number of nitrogens with zero attached hydrogens (tertiary/aromatic N) is 2. The second-order valence-electron chi connectivity index (χ2n) is 3.30. The zero-order valence-corrected chi connectivity index (χ0v) is 10.2. The predicted octanol–water partition coefficient (Wildman–Crippen LogP) is 3.54. The van der Waals surface area contributed by atoms with E-state index in [9.17, 15) is 4.79 Å². The van der Waals surface area contributed by atoms with Crippen molar-refractivity contribution < 1.29 is 4.79 Å². The van der Waals surface area contributed by atoms with Gasteiger partial charge in [-0.25, -0.2) is 4.68 Å². The smallest absolute Gasteiger partial charge is 0.267 e. The molecule has 0 bridgehead atoms. The summed E-state index contributed by atoms with van der Waals surface area (Å²) >= 11 is 11.6. The van der Waals surface area contributed by atoms with E-state index in [0.29, 0.717) is 10.0 Å². The van der Waals surface area contributed by atoms with Crippen LogP contribution >= 0.6 is 23.2 Å². The van der Waals surface area contributed by atoms with Crippen molar-refractivity contribution in [2.24, 2.45) is 0 Å². The Bertz CT molecular complexity index is 562. The molecule has 0 saturated carbocycles. The third kappa shape index (κ3) is 2.96. The molecule has 0 aliphatic carbocycles. The van der Waals surface area contributed by atoms with E-state index >= 15 is 0 Å². The Balaban J connectivity index is 2.15. The lowest BCUT2D eigenvalue weighted by molar-refractivity contribution is 0.0955. The fraction of sp³-hybridized carbons (Fsp3) is 0. The summed E-state index contributed by atoms with van der Waals surface area (Å²) in [6.07, 6.45) is 6.21. The number of rotatable bonds is 2. The Morgan fingerprint density at radius 2 is 2.12 bits per heavy atom. The van der Waals surface area contributed by atoms with Gasteiger partial charge in [-0.05, 0) is 29.8 Å². The molecule has 86 valence electrons. The molecule has 2 aromatic rings. The lowest BCUT2D eigenvalue weighted by Gasteiger charge is -1.97. The van der Waals surface area contributed by atoms with Crippen molar-refractivity contribution in [3.05, 3.63) is 58.3 Å². The van der Waals surface area contributed by atoms with E-state index in [1.165, 1.54) is 10.8 Å². The van der Waals surface area contributed by atoms with Gasteiger partial charge >= 0.3 is 0 Å². The maximum atomic E-state index is 11.6. The molecule has 3 nitrogen and oxygen atoms in total. The van der Waals surface area contributed by atoms with E-state index in [-0.39, 0.29) is 5.91 Å². The third-order valence-electron chi connectivity index (χ3n) is 2.09. The highest BCUT2D eigenvalue weighted by Gasteiger charge is 2.00. The van der Waals surface area contributed by atoms with Gasteiger partial charge in [0.1, 0.15) is 0 Å². The van der Waals surface area contributed by atoms with Gasteiger partial charge in [0.25, 0.3) is 5.91 Å². The van der Waals surface area contributed by atoms with E-state index in [0.717, 1.165) is 5.56 Å². The van der Waals surface area contributed by atoms with Crippen LogP contribution in [-0.4, -0.2) is 15.7 Å². The van der Waals surface area contributed by atoms with Crippen molar-refractivity contribution in [3.63, 3.8) is 0 Å².